The van der Waals surface area contributed by atoms with Gasteiger partial charge in [-0.2, -0.15) is 0 Å². The Kier molecular flexibility index (Phi) is 3.12. The number of nitrogens with zero attached hydrogens (tertiary/aromatic N) is 1. The number of hydrogen-bond donors (Lipinski definition) is 0. The minimum atomic E-state index is -2.61. The number of allylic oxidation sites excluding steroid dienone is 2. The van der Waals surface area contributed by atoms with Crippen LogP contribution in [0.25, 0.3) is 0 Å². The Labute approximate surface area is 83.4 Å². The van der Waals surface area contributed by atoms with E-state index in [-0.39, 0.29) is 13.0 Å². The van der Waals surface area contributed by atoms with Gasteiger partial charge in [-0.3, -0.25) is 0 Å². The van der Waals surface area contributed by atoms with E-state index in [1.165, 1.54) is 4.90 Å². The van der Waals surface area contributed by atoms with Crippen molar-refractivity contribution in [1.29, 1.82) is 0 Å². The fourth-order valence-corrected chi connectivity index (χ4v) is 1.52. The topological polar surface area (TPSA) is 3.24 Å². The van der Waals surface area contributed by atoms with Crippen molar-refractivity contribution in [1.82, 2.24) is 4.90 Å². The molecule has 1 aliphatic heterocycles. The average Bonchev–Trinajstić information content (AvgIpc) is 2.15. The summed E-state index contributed by atoms with van der Waals surface area (Å²) in [6.07, 6.45) is 0.884. The number of alkyl halides is 2. The van der Waals surface area contributed by atoms with E-state index in [1.807, 2.05) is 6.92 Å². The third-order valence-electron chi connectivity index (χ3n) is 2.44. The zero-order chi connectivity index (χ0) is 10.8. The molecule has 0 spiro atoms. The molecule has 1 heterocycles. The van der Waals surface area contributed by atoms with E-state index < -0.39 is 5.92 Å². The Hall–Kier alpha value is -1.08. The highest BCUT2D eigenvalue weighted by Gasteiger charge is 2.37. The summed E-state index contributed by atoms with van der Waals surface area (Å²) in [7, 11) is 0. The van der Waals surface area contributed by atoms with E-state index in [1.54, 1.807) is 0 Å². The van der Waals surface area contributed by atoms with E-state index >= 15 is 0 Å². The van der Waals surface area contributed by atoms with Gasteiger partial charge in [0.1, 0.15) is 0 Å². The molecule has 0 aromatic rings. The van der Waals surface area contributed by atoms with Gasteiger partial charge in [-0.1, -0.05) is 20.1 Å². The van der Waals surface area contributed by atoms with Gasteiger partial charge in [0.15, 0.2) is 0 Å². The Morgan fingerprint density at radius 2 is 2.29 bits per heavy atom. The fraction of sp³-hybridized carbons (Fsp3) is 0.545. The van der Waals surface area contributed by atoms with Crippen LogP contribution in [0.5, 0.6) is 0 Å². The molecule has 0 N–H and O–H groups in total. The fourth-order valence-electron chi connectivity index (χ4n) is 1.52. The van der Waals surface area contributed by atoms with Crippen molar-refractivity contribution in [3.63, 3.8) is 0 Å². The number of hydrogen-bond acceptors (Lipinski definition) is 1. The third-order valence-corrected chi connectivity index (χ3v) is 2.44. The van der Waals surface area contributed by atoms with Crippen LogP contribution in [0.4, 0.5) is 8.78 Å². The van der Waals surface area contributed by atoms with Crippen molar-refractivity contribution in [2.24, 2.45) is 0 Å². The molecule has 3 heteroatoms. The summed E-state index contributed by atoms with van der Waals surface area (Å²) in [6.45, 7) is 8.89. The standard InChI is InChI=1S/C11H15F2N/c1-4-9(3)14-8-11(12,13)7-6-10(14)5-2/h2-4,6-8H2,1H3. The van der Waals surface area contributed by atoms with Crippen molar-refractivity contribution in [3.05, 3.63) is 30.3 Å². The van der Waals surface area contributed by atoms with Crippen molar-refractivity contribution >= 4 is 0 Å². The average molecular weight is 199 g/mol. The first kappa shape index (κ1) is 11.0. The van der Waals surface area contributed by atoms with Gasteiger partial charge in [0, 0.05) is 18.5 Å². The van der Waals surface area contributed by atoms with Crippen LogP contribution in [0.15, 0.2) is 30.3 Å². The van der Waals surface area contributed by atoms with Crippen LogP contribution in [-0.2, 0) is 0 Å². The van der Waals surface area contributed by atoms with Crippen LogP contribution in [0.1, 0.15) is 26.2 Å². The van der Waals surface area contributed by atoms with Crippen molar-refractivity contribution < 1.29 is 8.78 Å². The van der Waals surface area contributed by atoms with E-state index in [4.69, 9.17) is 0 Å². The molecule has 1 nitrogen and oxygen atoms in total. The minimum Gasteiger partial charge on any atom is -0.337 e. The number of halogens is 2. The number of likely N-dealkylation sites (tertiary alicyclic amines) is 1. The molecule has 14 heavy (non-hydrogen) atoms. The molecule has 78 valence electrons. The molecule has 1 fully saturated rings. The molecule has 0 aromatic heterocycles. The van der Waals surface area contributed by atoms with Crippen LogP contribution in [0.3, 0.4) is 0 Å². The molecular weight excluding hydrogens is 184 g/mol. The van der Waals surface area contributed by atoms with Gasteiger partial charge in [0.2, 0.25) is 0 Å². The molecule has 1 rings (SSSR count). The number of piperidine rings is 1. The predicted octanol–water partition coefficient (Wildman–Crippen LogP) is 3.31. The maximum atomic E-state index is 13.1. The van der Waals surface area contributed by atoms with Crippen molar-refractivity contribution in [2.75, 3.05) is 6.54 Å². The number of rotatable bonds is 2. The first-order valence-electron chi connectivity index (χ1n) is 4.72. The normalized spacial score (nSPS) is 20.5. The molecular formula is C11H15F2N. The molecule has 0 bridgehead atoms. The summed E-state index contributed by atoms with van der Waals surface area (Å²) in [5.41, 5.74) is 4.15. The first-order chi connectivity index (χ1) is 6.50. The lowest BCUT2D eigenvalue weighted by molar-refractivity contribution is -0.0430. The summed E-state index contributed by atoms with van der Waals surface area (Å²) in [5, 5.41) is 0. The molecule has 0 atom stereocenters. The molecule has 1 saturated heterocycles. The lowest BCUT2D eigenvalue weighted by Gasteiger charge is -2.36. The Balaban J connectivity index is 2.87. The third kappa shape index (κ3) is 2.24. The van der Waals surface area contributed by atoms with Gasteiger partial charge in [-0.15, -0.1) is 5.73 Å². The lowest BCUT2D eigenvalue weighted by Crippen LogP contribution is -2.40. The van der Waals surface area contributed by atoms with Crippen LogP contribution in [-0.4, -0.2) is 17.4 Å². The Bertz CT molecular complexity index is 288. The summed E-state index contributed by atoms with van der Waals surface area (Å²) in [6, 6.07) is 0. The highest BCUT2D eigenvalue weighted by molar-refractivity contribution is 5.13. The molecule has 0 unspecified atom stereocenters. The Morgan fingerprint density at radius 1 is 1.64 bits per heavy atom. The van der Waals surface area contributed by atoms with Crippen LogP contribution < -0.4 is 0 Å². The second kappa shape index (κ2) is 3.97. The van der Waals surface area contributed by atoms with Crippen LogP contribution in [0.2, 0.25) is 0 Å². The van der Waals surface area contributed by atoms with Crippen molar-refractivity contribution in [3.8, 4) is 0 Å². The van der Waals surface area contributed by atoms with Crippen LogP contribution in [0, 0.1) is 0 Å². The molecule has 0 saturated carbocycles. The smallest absolute Gasteiger partial charge is 0.266 e. The van der Waals surface area contributed by atoms with Crippen molar-refractivity contribution in [2.45, 2.75) is 32.1 Å². The maximum Gasteiger partial charge on any atom is 0.266 e. The van der Waals surface area contributed by atoms with Gasteiger partial charge < -0.3 is 4.90 Å². The van der Waals surface area contributed by atoms with E-state index in [9.17, 15) is 8.78 Å². The predicted molar refractivity (Wildman–Crippen MR) is 53.0 cm³/mol. The molecule has 0 aromatic carbocycles. The summed E-state index contributed by atoms with van der Waals surface area (Å²) in [5.74, 6) is -2.61. The summed E-state index contributed by atoms with van der Waals surface area (Å²) >= 11 is 0. The van der Waals surface area contributed by atoms with Gasteiger partial charge >= 0.3 is 0 Å². The molecule has 0 aliphatic carbocycles. The molecule has 0 amide bonds. The van der Waals surface area contributed by atoms with Crippen LogP contribution >= 0.6 is 0 Å². The quantitative estimate of drug-likeness (QED) is 0.617. The monoisotopic (exact) mass is 199 g/mol. The van der Waals surface area contributed by atoms with E-state index in [0.29, 0.717) is 18.5 Å². The van der Waals surface area contributed by atoms with E-state index in [0.717, 1.165) is 5.70 Å². The largest absolute Gasteiger partial charge is 0.337 e. The zero-order valence-electron chi connectivity index (χ0n) is 8.45. The Morgan fingerprint density at radius 3 is 2.79 bits per heavy atom. The maximum absolute atomic E-state index is 13.1. The highest BCUT2D eigenvalue weighted by Crippen LogP contribution is 2.34. The second-order valence-corrected chi connectivity index (χ2v) is 3.49. The van der Waals surface area contributed by atoms with E-state index in [2.05, 4.69) is 18.9 Å². The molecule has 0 radical (unpaired) electrons. The summed E-state index contributed by atoms with van der Waals surface area (Å²) < 4.78 is 26.2. The zero-order valence-corrected chi connectivity index (χ0v) is 8.45. The SMILES string of the molecule is C=C=C1CCC(F)(F)CN1C(=C)CC. The first-order valence-corrected chi connectivity index (χ1v) is 4.72. The minimum absolute atomic E-state index is 0.113. The summed E-state index contributed by atoms with van der Waals surface area (Å²) in [4.78, 5) is 1.54. The van der Waals surface area contributed by atoms with Gasteiger partial charge in [0.05, 0.1) is 12.2 Å². The second-order valence-electron chi connectivity index (χ2n) is 3.49. The van der Waals surface area contributed by atoms with Gasteiger partial charge in [-0.25, -0.2) is 8.78 Å². The highest BCUT2D eigenvalue weighted by atomic mass is 19.3. The van der Waals surface area contributed by atoms with Gasteiger partial charge in [0.25, 0.3) is 5.92 Å². The van der Waals surface area contributed by atoms with Gasteiger partial charge in [-0.05, 0) is 6.42 Å². The molecule has 1 aliphatic rings. The lowest BCUT2D eigenvalue weighted by atomic mass is 10.0.